The molecule has 6 rings (SSSR count). The molecule has 1 N–H and O–H groups in total. The van der Waals surface area contributed by atoms with Gasteiger partial charge < -0.3 is 9.73 Å². The zero-order chi connectivity index (χ0) is 22.0. The number of fused-ring (bicyclic) bond motifs is 3. The SMILES string of the molecule is CC1(c2ccc3c(c2)CCC3)NC(=O)N(Cc2cc(=O)oc3cc4c(cc23)CCC4)C1=O. The second-order valence-electron chi connectivity index (χ2n) is 9.34. The summed E-state index contributed by atoms with van der Waals surface area (Å²) in [7, 11) is 0. The van der Waals surface area contributed by atoms with Gasteiger partial charge in [-0.1, -0.05) is 18.2 Å². The van der Waals surface area contributed by atoms with E-state index < -0.39 is 17.2 Å². The van der Waals surface area contributed by atoms with Crippen LogP contribution in [0.3, 0.4) is 0 Å². The van der Waals surface area contributed by atoms with Gasteiger partial charge in [-0.05, 0) is 91.0 Å². The van der Waals surface area contributed by atoms with Gasteiger partial charge in [0.1, 0.15) is 11.1 Å². The third kappa shape index (κ3) is 2.82. The Bertz CT molecular complexity index is 1370. The van der Waals surface area contributed by atoms with Crippen LogP contribution in [0.15, 0.2) is 45.6 Å². The van der Waals surface area contributed by atoms with Gasteiger partial charge in [0.15, 0.2) is 0 Å². The third-order valence-electron chi connectivity index (χ3n) is 7.32. The van der Waals surface area contributed by atoms with Gasteiger partial charge in [-0.15, -0.1) is 0 Å². The maximum atomic E-state index is 13.5. The van der Waals surface area contributed by atoms with E-state index in [1.807, 2.05) is 18.2 Å². The van der Waals surface area contributed by atoms with Crippen LogP contribution in [0.5, 0.6) is 0 Å². The average molecular weight is 428 g/mol. The van der Waals surface area contributed by atoms with Gasteiger partial charge in [0.25, 0.3) is 5.91 Å². The number of amides is 3. The summed E-state index contributed by atoms with van der Waals surface area (Å²) >= 11 is 0. The quantitative estimate of drug-likeness (QED) is 0.509. The van der Waals surface area contributed by atoms with E-state index in [2.05, 4.69) is 17.4 Å². The van der Waals surface area contributed by atoms with E-state index in [1.54, 1.807) is 6.92 Å². The largest absolute Gasteiger partial charge is 0.423 e. The third-order valence-corrected chi connectivity index (χ3v) is 7.32. The minimum absolute atomic E-state index is 0.0338. The summed E-state index contributed by atoms with van der Waals surface area (Å²) in [6.07, 6.45) is 6.23. The van der Waals surface area contributed by atoms with Crippen molar-refractivity contribution in [2.45, 2.75) is 57.5 Å². The molecular weight excluding hydrogens is 404 g/mol. The first-order valence-electron chi connectivity index (χ1n) is 11.3. The molecule has 1 atom stereocenters. The Morgan fingerprint density at radius 1 is 0.906 bits per heavy atom. The van der Waals surface area contributed by atoms with Crippen molar-refractivity contribution < 1.29 is 14.0 Å². The fourth-order valence-corrected chi connectivity index (χ4v) is 5.51. The Kier molecular flexibility index (Phi) is 4.09. The molecule has 2 heterocycles. The van der Waals surface area contributed by atoms with E-state index in [0.717, 1.165) is 49.5 Å². The van der Waals surface area contributed by atoms with Crippen molar-refractivity contribution in [2.75, 3.05) is 0 Å². The summed E-state index contributed by atoms with van der Waals surface area (Å²) in [6.45, 7) is 1.79. The van der Waals surface area contributed by atoms with Gasteiger partial charge in [0.2, 0.25) is 0 Å². The van der Waals surface area contributed by atoms with Gasteiger partial charge in [0.05, 0.1) is 6.54 Å². The van der Waals surface area contributed by atoms with Gasteiger partial charge in [-0.25, -0.2) is 9.59 Å². The Hall–Kier alpha value is -3.41. The van der Waals surface area contributed by atoms with Crippen LogP contribution in [0.25, 0.3) is 11.0 Å². The van der Waals surface area contributed by atoms with Crippen LogP contribution in [0.1, 0.15) is 53.1 Å². The first-order chi connectivity index (χ1) is 15.4. The molecular formula is C26H24N2O4. The summed E-state index contributed by atoms with van der Waals surface area (Å²) in [5, 5.41) is 3.69. The summed E-state index contributed by atoms with van der Waals surface area (Å²) in [5.74, 6) is -0.303. The number of carbonyl (C=O) groups excluding carboxylic acids is 2. The lowest BCUT2D eigenvalue weighted by atomic mass is 9.89. The van der Waals surface area contributed by atoms with Gasteiger partial charge >= 0.3 is 11.7 Å². The summed E-state index contributed by atoms with van der Waals surface area (Å²) in [6, 6.07) is 11.0. The number of hydrogen-bond donors (Lipinski definition) is 1. The van der Waals surface area contributed by atoms with Crippen LogP contribution in [0, 0.1) is 0 Å². The molecule has 1 aliphatic heterocycles. The molecule has 2 aliphatic carbocycles. The molecule has 32 heavy (non-hydrogen) atoms. The average Bonchev–Trinajstić information content (AvgIpc) is 3.47. The minimum atomic E-state index is -1.12. The van der Waals surface area contributed by atoms with Crippen LogP contribution in [0.4, 0.5) is 4.79 Å². The first kappa shape index (κ1) is 19.3. The summed E-state index contributed by atoms with van der Waals surface area (Å²) in [5.41, 5.74) is 5.38. The highest BCUT2D eigenvalue weighted by atomic mass is 16.4. The molecule has 0 saturated carbocycles. The van der Waals surface area contributed by atoms with E-state index in [9.17, 15) is 14.4 Å². The second-order valence-corrected chi connectivity index (χ2v) is 9.34. The van der Waals surface area contributed by atoms with Crippen molar-refractivity contribution in [1.82, 2.24) is 10.2 Å². The minimum Gasteiger partial charge on any atom is -0.423 e. The van der Waals surface area contributed by atoms with E-state index in [4.69, 9.17) is 4.42 Å². The van der Waals surface area contributed by atoms with Crippen LogP contribution < -0.4 is 10.9 Å². The Balaban J connectivity index is 1.37. The zero-order valence-electron chi connectivity index (χ0n) is 18.0. The maximum absolute atomic E-state index is 13.5. The summed E-state index contributed by atoms with van der Waals surface area (Å²) < 4.78 is 5.44. The van der Waals surface area contributed by atoms with E-state index in [-0.39, 0.29) is 12.5 Å². The number of rotatable bonds is 3. The second kappa shape index (κ2) is 6.79. The zero-order valence-corrected chi connectivity index (χ0v) is 18.0. The molecule has 3 aliphatic rings. The Morgan fingerprint density at radius 2 is 1.59 bits per heavy atom. The van der Waals surface area contributed by atoms with Crippen molar-refractivity contribution >= 4 is 22.9 Å². The highest BCUT2D eigenvalue weighted by Crippen LogP contribution is 2.34. The lowest BCUT2D eigenvalue weighted by Gasteiger charge is -2.23. The van der Waals surface area contributed by atoms with Gasteiger partial charge in [-0.2, -0.15) is 0 Å². The number of hydrogen-bond acceptors (Lipinski definition) is 4. The van der Waals surface area contributed by atoms with Crippen molar-refractivity contribution in [1.29, 1.82) is 0 Å². The topological polar surface area (TPSA) is 79.6 Å². The molecule has 6 nitrogen and oxygen atoms in total. The van der Waals surface area contributed by atoms with Crippen molar-refractivity contribution in [3.05, 3.63) is 80.2 Å². The highest BCUT2D eigenvalue weighted by Gasteiger charge is 2.49. The summed E-state index contributed by atoms with van der Waals surface area (Å²) in [4.78, 5) is 39.8. The van der Waals surface area contributed by atoms with Crippen molar-refractivity contribution in [3.63, 3.8) is 0 Å². The Morgan fingerprint density at radius 3 is 2.38 bits per heavy atom. The monoisotopic (exact) mass is 428 g/mol. The number of imide groups is 1. The van der Waals surface area contributed by atoms with Crippen LogP contribution >= 0.6 is 0 Å². The smallest absolute Gasteiger partial charge is 0.336 e. The van der Waals surface area contributed by atoms with E-state index >= 15 is 0 Å². The molecule has 0 bridgehead atoms. The molecule has 1 unspecified atom stereocenters. The van der Waals surface area contributed by atoms with Crippen LogP contribution in [-0.4, -0.2) is 16.8 Å². The van der Waals surface area contributed by atoms with Gasteiger partial charge in [0, 0.05) is 11.5 Å². The molecule has 6 heteroatoms. The van der Waals surface area contributed by atoms with Gasteiger partial charge in [-0.3, -0.25) is 9.69 Å². The molecule has 3 aromatic rings. The van der Waals surface area contributed by atoms with Crippen molar-refractivity contribution in [2.24, 2.45) is 0 Å². The predicted molar refractivity (Wildman–Crippen MR) is 119 cm³/mol. The predicted octanol–water partition coefficient (Wildman–Crippen LogP) is 3.74. The number of urea groups is 1. The van der Waals surface area contributed by atoms with Crippen LogP contribution in [-0.2, 0) is 42.6 Å². The van der Waals surface area contributed by atoms with E-state index in [0.29, 0.717) is 11.1 Å². The molecule has 1 fully saturated rings. The lowest BCUT2D eigenvalue weighted by Crippen LogP contribution is -2.41. The molecule has 2 aromatic carbocycles. The van der Waals surface area contributed by atoms with Crippen molar-refractivity contribution in [3.8, 4) is 0 Å². The maximum Gasteiger partial charge on any atom is 0.336 e. The molecule has 0 spiro atoms. The lowest BCUT2D eigenvalue weighted by molar-refractivity contribution is -0.131. The molecule has 162 valence electrons. The number of carbonyl (C=O) groups is 2. The molecule has 1 saturated heterocycles. The number of nitrogens with one attached hydrogen (secondary N) is 1. The fourth-order valence-electron chi connectivity index (χ4n) is 5.51. The molecule has 0 radical (unpaired) electrons. The molecule has 1 aromatic heterocycles. The molecule has 3 amide bonds. The van der Waals surface area contributed by atoms with Crippen LogP contribution in [0.2, 0.25) is 0 Å². The number of aryl methyl sites for hydroxylation is 4. The number of benzene rings is 2. The fraction of sp³-hybridized carbons (Fsp3) is 0.346. The Labute approximate surface area is 185 Å². The normalized spacial score (nSPS) is 21.8. The standard InChI is InChI=1S/C26H24N2O4/c1-26(20-9-8-15-4-2-5-16(15)10-20)24(30)28(25(31)27-26)14-19-13-23(29)32-22-12-18-7-3-6-17(18)11-21(19)22/h8-13H,2-7,14H2,1H3,(H,27,31). The van der Waals surface area contributed by atoms with E-state index in [1.165, 1.54) is 33.2 Å². The number of nitrogens with zero attached hydrogens (tertiary/aromatic N) is 1. The first-order valence-corrected chi connectivity index (χ1v) is 11.3. The highest BCUT2D eigenvalue weighted by molar-refractivity contribution is 6.07.